The van der Waals surface area contributed by atoms with Gasteiger partial charge in [-0.2, -0.15) is 0 Å². The Morgan fingerprint density at radius 1 is 1.67 bits per heavy atom. The number of rotatable bonds is 7. The van der Waals surface area contributed by atoms with Crippen LogP contribution in [-0.4, -0.2) is 35.5 Å². The number of aromatic nitrogens is 1. The number of thioether (sulfide) groups is 1. The van der Waals surface area contributed by atoms with Crippen molar-refractivity contribution >= 4 is 40.0 Å². The molecule has 98 valence electrons. The zero-order valence-electron chi connectivity index (χ0n) is 10.2. The van der Waals surface area contributed by atoms with Gasteiger partial charge in [0.05, 0.1) is 5.75 Å². The highest BCUT2D eigenvalue weighted by atomic mass is 32.2. The Hall–Kier alpha value is -1.39. The molecule has 1 rings (SSSR count). The average Bonchev–Trinajstić information content (AvgIpc) is 2.70. The smallest absolute Gasteiger partial charge is 0.265 e. The first-order valence-corrected chi connectivity index (χ1v) is 7.45. The second-order valence-electron chi connectivity index (χ2n) is 3.28. The number of nitrogen functional groups attached to an aromatic ring is 1. The van der Waals surface area contributed by atoms with Gasteiger partial charge in [-0.1, -0.05) is 17.3 Å². The van der Waals surface area contributed by atoms with Gasteiger partial charge in [-0.25, -0.2) is 4.98 Å². The third-order valence-corrected chi connectivity index (χ3v) is 3.80. The van der Waals surface area contributed by atoms with E-state index >= 15 is 0 Å². The number of thiazole rings is 1. The molecular formula is C11H16N4OS2. The SMILES string of the molecule is C#CCSCCNC(=O)c1sc(NCC)nc1N. The molecule has 0 bridgehead atoms. The molecule has 1 aromatic heterocycles. The minimum absolute atomic E-state index is 0.185. The Bertz CT molecular complexity index is 439. The summed E-state index contributed by atoms with van der Waals surface area (Å²) in [6.07, 6.45) is 5.12. The first-order chi connectivity index (χ1) is 8.69. The number of hydrogen-bond acceptors (Lipinski definition) is 6. The summed E-state index contributed by atoms with van der Waals surface area (Å²) in [5, 5.41) is 6.49. The number of carbonyl (C=O) groups excluding carboxylic acids is 1. The van der Waals surface area contributed by atoms with E-state index in [1.54, 1.807) is 11.8 Å². The van der Waals surface area contributed by atoms with Gasteiger partial charge in [0.25, 0.3) is 5.91 Å². The van der Waals surface area contributed by atoms with Crippen LogP contribution in [0.15, 0.2) is 0 Å². The monoisotopic (exact) mass is 284 g/mol. The molecule has 4 N–H and O–H groups in total. The van der Waals surface area contributed by atoms with Crippen LogP contribution in [0.4, 0.5) is 10.9 Å². The highest BCUT2D eigenvalue weighted by Gasteiger charge is 2.15. The van der Waals surface area contributed by atoms with Gasteiger partial charge in [0.15, 0.2) is 5.13 Å². The second kappa shape index (κ2) is 7.84. The maximum atomic E-state index is 11.8. The predicted octanol–water partition coefficient (Wildman–Crippen LogP) is 1.25. The van der Waals surface area contributed by atoms with Gasteiger partial charge in [-0.05, 0) is 6.92 Å². The maximum Gasteiger partial charge on any atom is 0.265 e. The Morgan fingerprint density at radius 3 is 3.11 bits per heavy atom. The summed E-state index contributed by atoms with van der Waals surface area (Å²) in [7, 11) is 0. The molecule has 1 aromatic rings. The average molecular weight is 284 g/mol. The predicted molar refractivity (Wildman–Crippen MR) is 79.2 cm³/mol. The number of amides is 1. The van der Waals surface area contributed by atoms with Crippen molar-refractivity contribution in [2.45, 2.75) is 6.92 Å². The number of nitrogens with zero attached hydrogens (tertiary/aromatic N) is 1. The lowest BCUT2D eigenvalue weighted by molar-refractivity contribution is 0.0961. The molecule has 1 amide bonds. The van der Waals surface area contributed by atoms with Crippen molar-refractivity contribution in [3.05, 3.63) is 4.88 Å². The first kappa shape index (κ1) is 14.7. The summed E-state index contributed by atoms with van der Waals surface area (Å²) < 4.78 is 0. The highest BCUT2D eigenvalue weighted by molar-refractivity contribution is 7.99. The highest BCUT2D eigenvalue weighted by Crippen LogP contribution is 2.24. The van der Waals surface area contributed by atoms with E-state index in [2.05, 4.69) is 21.5 Å². The summed E-state index contributed by atoms with van der Waals surface area (Å²) in [5.74, 6) is 4.05. The maximum absolute atomic E-state index is 11.8. The van der Waals surface area contributed by atoms with Crippen LogP contribution in [0, 0.1) is 12.3 Å². The summed E-state index contributed by atoms with van der Waals surface area (Å²) in [4.78, 5) is 16.3. The summed E-state index contributed by atoms with van der Waals surface area (Å²) in [6, 6.07) is 0. The van der Waals surface area contributed by atoms with Crippen LogP contribution in [0.3, 0.4) is 0 Å². The Labute approximate surface area is 115 Å². The molecule has 0 saturated heterocycles. The van der Waals surface area contributed by atoms with E-state index < -0.39 is 0 Å². The van der Waals surface area contributed by atoms with Crippen LogP contribution >= 0.6 is 23.1 Å². The van der Waals surface area contributed by atoms with Crippen molar-refractivity contribution in [1.82, 2.24) is 10.3 Å². The molecule has 0 fully saturated rings. The molecule has 0 atom stereocenters. The minimum Gasteiger partial charge on any atom is -0.382 e. The largest absolute Gasteiger partial charge is 0.382 e. The quantitative estimate of drug-likeness (QED) is 0.519. The van der Waals surface area contributed by atoms with Gasteiger partial charge in [-0.15, -0.1) is 18.2 Å². The van der Waals surface area contributed by atoms with Crippen molar-refractivity contribution in [2.24, 2.45) is 0 Å². The van der Waals surface area contributed by atoms with Gasteiger partial charge < -0.3 is 16.4 Å². The van der Waals surface area contributed by atoms with Crippen LogP contribution in [0.5, 0.6) is 0 Å². The molecule has 0 aliphatic carbocycles. The molecule has 0 spiro atoms. The number of nitrogens with two attached hydrogens (primary N) is 1. The summed E-state index contributed by atoms with van der Waals surface area (Å²) in [5.41, 5.74) is 5.69. The summed E-state index contributed by atoms with van der Waals surface area (Å²) in [6.45, 7) is 3.27. The lowest BCUT2D eigenvalue weighted by Crippen LogP contribution is -2.25. The number of anilines is 2. The lowest BCUT2D eigenvalue weighted by Gasteiger charge is -2.02. The Balaban J connectivity index is 2.44. The van der Waals surface area contributed by atoms with Gasteiger partial charge >= 0.3 is 0 Å². The molecule has 0 aromatic carbocycles. The van der Waals surface area contributed by atoms with E-state index in [0.717, 1.165) is 12.3 Å². The molecule has 0 aliphatic rings. The van der Waals surface area contributed by atoms with Gasteiger partial charge in [0.2, 0.25) is 0 Å². The number of hydrogen-bond donors (Lipinski definition) is 3. The minimum atomic E-state index is -0.185. The standard InChI is InChI=1S/C11H16N4OS2/c1-3-6-17-7-5-14-10(16)8-9(12)15-11(18-8)13-4-2/h1H,4-7,12H2,2H3,(H,13,15)(H,14,16). The van der Waals surface area contributed by atoms with Crippen molar-refractivity contribution in [2.75, 3.05) is 35.6 Å². The first-order valence-electron chi connectivity index (χ1n) is 5.48. The van der Waals surface area contributed by atoms with Gasteiger partial charge in [0, 0.05) is 18.8 Å². The Morgan fingerprint density at radius 2 is 2.44 bits per heavy atom. The van der Waals surface area contributed by atoms with Gasteiger partial charge in [0.1, 0.15) is 10.7 Å². The number of carbonyl (C=O) groups is 1. The zero-order chi connectivity index (χ0) is 13.4. The molecular weight excluding hydrogens is 268 g/mol. The fraction of sp³-hybridized carbons (Fsp3) is 0.455. The van der Waals surface area contributed by atoms with E-state index in [9.17, 15) is 4.79 Å². The fourth-order valence-corrected chi connectivity index (χ4v) is 2.55. The molecule has 5 nitrogen and oxygen atoms in total. The Kier molecular flexibility index (Phi) is 6.39. The molecule has 0 unspecified atom stereocenters. The topological polar surface area (TPSA) is 80.0 Å². The summed E-state index contributed by atoms with van der Waals surface area (Å²) >= 11 is 2.86. The van der Waals surface area contributed by atoms with Crippen molar-refractivity contribution in [3.8, 4) is 12.3 Å². The van der Waals surface area contributed by atoms with E-state index in [4.69, 9.17) is 12.2 Å². The molecule has 1 heterocycles. The van der Waals surface area contributed by atoms with Crippen LogP contribution in [-0.2, 0) is 0 Å². The van der Waals surface area contributed by atoms with E-state index in [0.29, 0.717) is 22.3 Å². The van der Waals surface area contributed by atoms with Crippen molar-refractivity contribution in [3.63, 3.8) is 0 Å². The number of nitrogens with one attached hydrogen (secondary N) is 2. The number of terminal acetylenes is 1. The third-order valence-electron chi connectivity index (χ3n) is 1.90. The molecule has 7 heteroatoms. The van der Waals surface area contributed by atoms with E-state index in [-0.39, 0.29) is 11.7 Å². The molecule has 0 aliphatic heterocycles. The van der Waals surface area contributed by atoms with Crippen LogP contribution in [0.2, 0.25) is 0 Å². The van der Waals surface area contributed by atoms with Gasteiger partial charge in [-0.3, -0.25) is 4.79 Å². The normalized spacial score (nSPS) is 9.78. The van der Waals surface area contributed by atoms with E-state index in [1.165, 1.54) is 11.3 Å². The molecule has 0 radical (unpaired) electrons. The third kappa shape index (κ3) is 4.47. The zero-order valence-corrected chi connectivity index (χ0v) is 11.8. The lowest BCUT2D eigenvalue weighted by atomic mass is 10.4. The second-order valence-corrected chi connectivity index (χ2v) is 5.38. The van der Waals surface area contributed by atoms with Crippen molar-refractivity contribution in [1.29, 1.82) is 0 Å². The van der Waals surface area contributed by atoms with E-state index in [1.807, 2.05) is 6.92 Å². The van der Waals surface area contributed by atoms with Crippen molar-refractivity contribution < 1.29 is 4.79 Å². The van der Waals surface area contributed by atoms with Crippen LogP contribution in [0.1, 0.15) is 16.6 Å². The van der Waals surface area contributed by atoms with Crippen LogP contribution in [0.25, 0.3) is 0 Å². The molecule has 0 saturated carbocycles. The fourth-order valence-electron chi connectivity index (χ4n) is 1.17. The van der Waals surface area contributed by atoms with Crippen LogP contribution < -0.4 is 16.4 Å². The molecule has 18 heavy (non-hydrogen) atoms.